The molecule has 4 heteroatoms. The number of ether oxygens (including phenoxy) is 1. The molecule has 1 aromatic heterocycles. The van der Waals surface area contributed by atoms with Crippen LogP contribution in [-0.4, -0.2) is 17.9 Å². The number of carbonyl (C=O) groups is 1. The van der Waals surface area contributed by atoms with Crippen LogP contribution in [0.15, 0.2) is 54.6 Å². The maximum atomic E-state index is 11.4. The number of pyridine rings is 1. The summed E-state index contributed by atoms with van der Waals surface area (Å²) in [4.78, 5) is 15.9. The van der Waals surface area contributed by atoms with Crippen molar-refractivity contribution in [2.24, 2.45) is 0 Å². The van der Waals surface area contributed by atoms with Crippen LogP contribution in [-0.2, 0) is 16.6 Å². The van der Waals surface area contributed by atoms with Gasteiger partial charge in [-0.2, -0.15) is 5.26 Å². The van der Waals surface area contributed by atoms with Crippen molar-refractivity contribution in [1.82, 2.24) is 4.98 Å². The van der Waals surface area contributed by atoms with Gasteiger partial charge in [0.25, 0.3) is 0 Å². The molecule has 4 nitrogen and oxygen atoms in total. The SMILES string of the molecule is COc1nc2ccccc2cc1Cc1ccc(C2(C#N)CC(=O)C2)cc1. The Morgan fingerprint density at radius 1 is 1.15 bits per heavy atom. The van der Waals surface area contributed by atoms with Crippen molar-refractivity contribution in [2.75, 3.05) is 7.11 Å². The first kappa shape index (κ1) is 16.3. The van der Waals surface area contributed by atoms with Crippen molar-refractivity contribution >= 4 is 16.7 Å². The fourth-order valence-electron chi connectivity index (χ4n) is 3.58. The molecule has 1 fully saturated rings. The number of hydrogen-bond donors (Lipinski definition) is 0. The lowest BCUT2D eigenvalue weighted by Crippen LogP contribution is -2.40. The van der Waals surface area contributed by atoms with Crippen molar-refractivity contribution < 1.29 is 9.53 Å². The smallest absolute Gasteiger partial charge is 0.217 e. The molecular weight excluding hydrogens is 324 g/mol. The Hall–Kier alpha value is -3.19. The van der Waals surface area contributed by atoms with E-state index in [4.69, 9.17) is 4.74 Å². The van der Waals surface area contributed by atoms with E-state index in [-0.39, 0.29) is 5.78 Å². The summed E-state index contributed by atoms with van der Waals surface area (Å²) >= 11 is 0. The van der Waals surface area contributed by atoms with Crippen molar-refractivity contribution in [3.63, 3.8) is 0 Å². The zero-order chi connectivity index (χ0) is 18.1. The summed E-state index contributed by atoms with van der Waals surface area (Å²) in [5.41, 5.74) is 3.34. The number of carbonyl (C=O) groups excluding carboxylic acids is 1. The first-order chi connectivity index (χ1) is 12.6. The first-order valence-corrected chi connectivity index (χ1v) is 8.58. The summed E-state index contributed by atoms with van der Waals surface area (Å²) in [5.74, 6) is 0.786. The van der Waals surface area contributed by atoms with Crippen LogP contribution >= 0.6 is 0 Å². The number of benzene rings is 2. The number of hydrogen-bond acceptors (Lipinski definition) is 4. The summed E-state index contributed by atoms with van der Waals surface area (Å²) in [7, 11) is 1.63. The highest BCUT2D eigenvalue weighted by atomic mass is 16.5. The Bertz CT molecular complexity index is 1020. The van der Waals surface area contributed by atoms with E-state index >= 15 is 0 Å². The summed E-state index contributed by atoms with van der Waals surface area (Å²) in [5, 5.41) is 10.5. The van der Waals surface area contributed by atoms with Gasteiger partial charge in [-0.15, -0.1) is 0 Å². The van der Waals surface area contributed by atoms with Gasteiger partial charge < -0.3 is 4.74 Å². The standard InChI is InChI=1S/C22H18N2O2/c1-26-21-17(11-16-4-2-3-5-20(16)24-21)10-15-6-8-18(9-7-15)22(14-23)12-19(25)13-22/h2-9,11H,10,12-13H2,1H3. The lowest BCUT2D eigenvalue weighted by atomic mass is 9.64. The third-order valence-corrected chi connectivity index (χ3v) is 5.07. The second kappa shape index (κ2) is 6.27. The van der Waals surface area contributed by atoms with Crippen LogP contribution < -0.4 is 4.74 Å². The van der Waals surface area contributed by atoms with Crippen molar-refractivity contribution in [1.29, 1.82) is 5.26 Å². The molecule has 0 radical (unpaired) electrons. The number of nitriles is 1. The maximum absolute atomic E-state index is 11.4. The maximum Gasteiger partial charge on any atom is 0.217 e. The second-order valence-electron chi connectivity index (χ2n) is 6.81. The summed E-state index contributed by atoms with van der Waals surface area (Å²) in [6.07, 6.45) is 1.34. The quantitative estimate of drug-likeness (QED) is 0.720. The van der Waals surface area contributed by atoms with Crippen LogP contribution in [0.3, 0.4) is 0 Å². The Balaban J connectivity index is 1.63. The largest absolute Gasteiger partial charge is 0.481 e. The van der Waals surface area contributed by atoms with Crippen LogP contribution in [0.2, 0.25) is 0 Å². The Morgan fingerprint density at radius 2 is 1.88 bits per heavy atom. The van der Waals surface area contributed by atoms with Gasteiger partial charge in [0.1, 0.15) is 5.78 Å². The number of aromatic nitrogens is 1. The number of methoxy groups -OCH3 is 1. The van der Waals surface area contributed by atoms with E-state index in [1.807, 2.05) is 48.5 Å². The molecule has 1 aliphatic carbocycles. The fraction of sp³-hybridized carbons (Fsp3) is 0.227. The highest BCUT2D eigenvalue weighted by molar-refractivity contribution is 5.90. The number of rotatable bonds is 4. The van der Waals surface area contributed by atoms with Gasteiger partial charge in [-0.1, -0.05) is 42.5 Å². The van der Waals surface area contributed by atoms with Gasteiger partial charge in [-0.3, -0.25) is 4.79 Å². The lowest BCUT2D eigenvalue weighted by molar-refractivity contribution is -0.126. The van der Waals surface area contributed by atoms with Crippen molar-refractivity contribution in [3.05, 3.63) is 71.3 Å². The summed E-state index contributed by atoms with van der Waals surface area (Å²) in [6, 6.07) is 20.4. The molecular formula is C22H18N2O2. The molecule has 0 unspecified atom stereocenters. The van der Waals surface area contributed by atoms with Gasteiger partial charge in [-0.25, -0.2) is 4.98 Å². The summed E-state index contributed by atoms with van der Waals surface area (Å²) < 4.78 is 5.47. The number of ketones is 1. The number of nitrogens with zero attached hydrogens (tertiary/aromatic N) is 2. The molecule has 0 atom stereocenters. The predicted octanol–water partition coefficient (Wildman–Crippen LogP) is 3.96. The van der Waals surface area contributed by atoms with Crippen molar-refractivity contribution in [3.8, 4) is 11.9 Å². The first-order valence-electron chi connectivity index (χ1n) is 8.58. The minimum absolute atomic E-state index is 0.155. The van der Waals surface area contributed by atoms with E-state index in [1.54, 1.807) is 7.11 Å². The minimum Gasteiger partial charge on any atom is -0.481 e. The third-order valence-electron chi connectivity index (χ3n) is 5.07. The highest BCUT2D eigenvalue weighted by Crippen LogP contribution is 2.40. The Morgan fingerprint density at radius 3 is 2.54 bits per heavy atom. The molecule has 0 bridgehead atoms. The fourth-order valence-corrected chi connectivity index (χ4v) is 3.58. The van der Waals surface area contributed by atoms with E-state index < -0.39 is 5.41 Å². The Labute approximate surface area is 152 Å². The molecule has 1 heterocycles. The molecule has 0 spiro atoms. The zero-order valence-electron chi connectivity index (χ0n) is 14.5. The minimum atomic E-state index is -0.627. The lowest BCUT2D eigenvalue weighted by Gasteiger charge is -2.34. The molecule has 0 saturated heterocycles. The van der Waals surface area contributed by atoms with Gasteiger partial charge in [0.2, 0.25) is 5.88 Å². The monoisotopic (exact) mass is 342 g/mol. The van der Waals surface area contributed by atoms with E-state index in [9.17, 15) is 10.1 Å². The summed E-state index contributed by atoms with van der Waals surface area (Å²) in [6.45, 7) is 0. The average molecular weight is 342 g/mol. The topological polar surface area (TPSA) is 63.0 Å². The predicted molar refractivity (Wildman–Crippen MR) is 99.1 cm³/mol. The van der Waals surface area contributed by atoms with E-state index in [2.05, 4.69) is 17.1 Å². The van der Waals surface area contributed by atoms with Gasteiger partial charge in [0.15, 0.2) is 0 Å². The zero-order valence-corrected chi connectivity index (χ0v) is 14.5. The normalized spacial score (nSPS) is 15.3. The molecule has 1 aliphatic rings. The molecule has 128 valence electrons. The highest BCUT2D eigenvalue weighted by Gasteiger charge is 2.45. The number of para-hydroxylation sites is 1. The van der Waals surface area contributed by atoms with Crippen LogP contribution in [0.5, 0.6) is 5.88 Å². The van der Waals surface area contributed by atoms with Crippen molar-refractivity contribution in [2.45, 2.75) is 24.7 Å². The van der Waals surface area contributed by atoms with Gasteiger partial charge in [0.05, 0.1) is 24.1 Å². The number of Topliss-reactive ketones (excluding diaryl/α,β-unsaturated/α-hetero) is 1. The van der Waals surface area contributed by atoms with E-state index in [1.165, 1.54) is 0 Å². The van der Waals surface area contributed by atoms with Gasteiger partial charge in [-0.05, 0) is 23.3 Å². The molecule has 4 rings (SSSR count). The van der Waals surface area contributed by atoms with E-state index in [0.717, 1.165) is 27.6 Å². The van der Waals surface area contributed by atoms with Gasteiger partial charge >= 0.3 is 0 Å². The van der Waals surface area contributed by atoms with Gasteiger partial charge in [0, 0.05) is 30.2 Å². The number of fused-ring (bicyclic) bond motifs is 1. The second-order valence-corrected chi connectivity index (χ2v) is 6.81. The van der Waals surface area contributed by atoms with Crippen LogP contribution in [0.1, 0.15) is 29.5 Å². The van der Waals surface area contributed by atoms with Crippen LogP contribution in [0.4, 0.5) is 0 Å². The average Bonchev–Trinajstić information content (AvgIpc) is 2.65. The third kappa shape index (κ3) is 2.72. The van der Waals surface area contributed by atoms with Crippen LogP contribution in [0, 0.1) is 11.3 Å². The van der Waals surface area contributed by atoms with E-state index in [0.29, 0.717) is 25.1 Å². The molecule has 0 N–H and O–H groups in total. The molecule has 0 amide bonds. The molecule has 3 aromatic rings. The molecule has 2 aromatic carbocycles. The Kier molecular flexibility index (Phi) is 3.93. The molecule has 1 saturated carbocycles. The molecule has 26 heavy (non-hydrogen) atoms. The van der Waals surface area contributed by atoms with Crippen LogP contribution in [0.25, 0.3) is 10.9 Å². The molecule has 0 aliphatic heterocycles.